The summed E-state index contributed by atoms with van der Waals surface area (Å²) >= 11 is 0. The molecule has 1 N–H and O–H groups in total. The first kappa shape index (κ1) is 8.76. The van der Waals surface area contributed by atoms with Crippen LogP contribution in [0.5, 0.6) is 0 Å². The van der Waals surface area contributed by atoms with E-state index in [4.69, 9.17) is 0 Å². The van der Waals surface area contributed by atoms with Gasteiger partial charge in [0.1, 0.15) is 0 Å². The second-order valence-corrected chi connectivity index (χ2v) is 4.12. The normalized spacial score (nSPS) is 21.6. The van der Waals surface area contributed by atoms with E-state index >= 15 is 0 Å². The lowest BCUT2D eigenvalue weighted by Gasteiger charge is -2.28. The Morgan fingerprint density at radius 2 is 1.85 bits per heavy atom. The minimum absolute atomic E-state index is 0.626. The zero-order chi connectivity index (χ0) is 9.26. The molecule has 70 valence electrons. The van der Waals surface area contributed by atoms with Gasteiger partial charge in [-0.3, -0.25) is 0 Å². The smallest absolute Gasteiger partial charge is 0.0332 e. The van der Waals surface area contributed by atoms with Crippen molar-refractivity contribution in [1.29, 1.82) is 0 Å². The molecular formula is C12H17N. The molecule has 1 aromatic rings. The Hall–Kier alpha value is -0.820. The van der Waals surface area contributed by atoms with Crippen LogP contribution in [0.2, 0.25) is 0 Å². The standard InChI is InChI=1S/C12H17N/c1-9(2)10-3-5-11(6-4-10)12-7-8-13-12/h3-6,9,12-13H,7-8H2,1-2H3. The Kier molecular flexibility index (Phi) is 2.36. The Labute approximate surface area is 80.2 Å². The lowest BCUT2D eigenvalue weighted by molar-refractivity contribution is 0.383. The van der Waals surface area contributed by atoms with Crippen LogP contribution in [-0.4, -0.2) is 6.54 Å². The molecule has 0 aliphatic carbocycles. The molecule has 1 fully saturated rings. The van der Waals surface area contributed by atoms with E-state index in [1.165, 1.54) is 24.1 Å². The van der Waals surface area contributed by atoms with Crippen LogP contribution >= 0.6 is 0 Å². The lowest BCUT2D eigenvalue weighted by Crippen LogP contribution is -2.34. The van der Waals surface area contributed by atoms with Gasteiger partial charge in [0.2, 0.25) is 0 Å². The third-order valence-corrected chi connectivity index (χ3v) is 2.83. The van der Waals surface area contributed by atoms with Crippen molar-refractivity contribution in [2.45, 2.75) is 32.2 Å². The predicted molar refractivity (Wildman–Crippen MR) is 55.9 cm³/mol. The van der Waals surface area contributed by atoms with Crippen molar-refractivity contribution in [3.63, 3.8) is 0 Å². The molecule has 0 bridgehead atoms. The summed E-state index contributed by atoms with van der Waals surface area (Å²) < 4.78 is 0. The van der Waals surface area contributed by atoms with Crippen molar-refractivity contribution in [2.24, 2.45) is 0 Å². The van der Waals surface area contributed by atoms with Gasteiger partial charge in [-0.15, -0.1) is 0 Å². The van der Waals surface area contributed by atoms with Gasteiger partial charge >= 0.3 is 0 Å². The molecule has 1 saturated heterocycles. The maximum atomic E-state index is 3.41. The van der Waals surface area contributed by atoms with Crippen LogP contribution in [0.15, 0.2) is 24.3 Å². The SMILES string of the molecule is CC(C)c1ccc(C2CCN2)cc1. The van der Waals surface area contributed by atoms with Gasteiger partial charge in [-0.2, -0.15) is 0 Å². The predicted octanol–water partition coefficient (Wildman–Crippen LogP) is 2.84. The van der Waals surface area contributed by atoms with E-state index in [9.17, 15) is 0 Å². The van der Waals surface area contributed by atoms with Gasteiger partial charge in [0.05, 0.1) is 0 Å². The molecular weight excluding hydrogens is 158 g/mol. The first-order valence-electron chi connectivity index (χ1n) is 5.10. The highest BCUT2D eigenvalue weighted by molar-refractivity contribution is 5.27. The quantitative estimate of drug-likeness (QED) is 0.728. The Morgan fingerprint density at radius 3 is 2.23 bits per heavy atom. The van der Waals surface area contributed by atoms with Gasteiger partial charge in [0, 0.05) is 6.04 Å². The Morgan fingerprint density at radius 1 is 1.23 bits per heavy atom. The van der Waals surface area contributed by atoms with Gasteiger partial charge in [-0.25, -0.2) is 0 Å². The summed E-state index contributed by atoms with van der Waals surface area (Å²) in [4.78, 5) is 0. The molecule has 0 saturated carbocycles. The lowest BCUT2D eigenvalue weighted by atomic mass is 9.95. The average molecular weight is 175 g/mol. The monoisotopic (exact) mass is 175 g/mol. The Balaban J connectivity index is 2.13. The highest BCUT2D eigenvalue weighted by Gasteiger charge is 2.17. The molecule has 1 atom stereocenters. The molecule has 2 rings (SSSR count). The fraction of sp³-hybridized carbons (Fsp3) is 0.500. The summed E-state index contributed by atoms with van der Waals surface area (Å²) in [5, 5.41) is 3.41. The molecule has 1 aromatic carbocycles. The molecule has 0 radical (unpaired) electrons. The van der Waals surface area contributed by atoms with Gasteiger partial charge < -0.3 is 5.32 Å². The molecule has 0 aromatic heterocycles. The number of rotatable bonds is 2. The molecule has 0 spiro atoms. The molecule has 0 amide bonds. The van der Waals surface area contributed by atoms with E-state index in [-0.39, 0.29) is 0 Å². The third kappa shape index (κ3) is 1.75. The molecule has 1 aliphatic heterocycles. The van der Waals surface area contributed by atoms with Crippen LogP contribution in [-0.2, 0) is 0 Å². The molecule has 13 heavy (non-hydrogen) atoms. The summed E-state index contributed by atoms with van der Waals surface area (Å²) in [6.45, 7) is 5.64. The third-order valence-electron chi connectivity index (χ3n) is 2.83. The number of hydrogen-bond acceptors (Lipinski definition) is 1. The van der Waals surface area contributed by atoms with Crippen molar-refractivity contribution >= 4 is 0 Å². The van der Waals surface area contributed by atoms with E-state index in [1.54, 1.807) is 0 Å². The van der Waals surface area contributed by atoms with E-state index in [1.807, 2.05) is 0 Å². The highest BCUT2D eigenvalue weighted by atomic mass is 15.0. The van der Waals surface area contributed by atoms with Crippen molar-refractivity contribution in [2.75, 3.05) is 6.54 Å². The van der Waals surface area contributed by atoms with Crippen LogP contribution < -0.4 is 5.32 Å². The van der Waals surface area contributed by atoms with Crippen molar-refractivity contribution in [1.82, 2.24) is 5.32 Å². The molecule has 1 heterocycles. The molecule has 1 nitrogen and oxygen atoms in total. The van der Waals surface area contributed by atoms with Crippen LogP contribution in [0, 0.1) is 0 Å². The summed E-state index contributed by atoms with van der Waals surface area (Å²) in [6, 6.07) is 9.64. The molecule has 1 aliphatic rings. The fourth-order valence-corrected chi connectivity index (χ4v) is 1.69. The maximum absolute atomic E-state index is 3.41. The van der Waals surface area contributed by atoms with Gasteiger partial charge in [0.25, 0.3) is 0 Å². The molecule has 1 unspecified atom stereocenters. The van der Waals surface area contributed by atoms with E-state index < -0.39 is 0 Å². The maximum Gasteiger partial charge on any atom is 0.0332 e. The fourth-order valence-electron chi connectivity index (χ4n) is 1.69. The second-order valence-electron chi connectivity index (χ2n) is 4.12. The van der Waals surface area contributed by atoms with Gasteiger partial charge in [-0.05, 0) is 30.0 Å². The average Bonchev–Trinajstić information content (AvgIpc) is 2.02. The van der Waals surface area contributed by atoms with Crippen LogP contribution in [0.3, 0.4) is 0 Å². The summed E-state index contributed by atoms with van der Waals surface area (Å²) in [7, 11) is 0. The first-order valence-corrected chi connectivity index (χ1v) is 5.10. The van der Waals surface area contributed by atoms with Crippen molar-refractivity contribution in [3.05, 3.63) is 35.4 Å². The molecule has 1 heteroatoms. The topological polar surface area (TPSA) is 12.0 Å². The number of benzene rings is 1. The Bertz CT molecular complexity index is 270. The number of hydrogen-bond donors (Lipinski definition) is 1. The second kappa shape index (κ2) is 3.51. The summed E-state index contributed by atoms with van der Waals surface area (Å²) in [5.74, 6) is 0.642. The largest absolute Gasteiger partial charge is 0.310 e. The van der Waals surface area contributed by atoms with E-state index in [2.05, 4.69) is 43.4 Å². The van der Waals surface area contributed by atoms with E-state index in [0.717, 1.165) is 0 Å². The van der Waals surface area contributed by atoms with Crippen LogP contribution in [0.4, 0.5) is 0 Å². The van der Waals surface area contributed by atoms with Crippen molar-refractivity contribution in [3.8, 4) is 0 Å². The summed E-state index contributed by atoms with van der Waals surface area (Å²) in [5.41, 5.74) is 2.87. The summed E-state index contributed by atoms with van der Waals surface area (Å²) in [6.07, 6.45) is 1.29. The van der Waals surface area contributed by atoms with E-state index in [0.29, 0.717) is 12.0 Å². The van der Waals surface area contributed by atoms with Crippen molar-refractivity contribution < 1.29 is 0 Å². The minimum Gasteiger partial charge on any atom is -0.310 e. The minimum atomic E-state index is 0.626. The highest BCUT2D eigenvalue weighted by Crippen LogP contribution is 2.24. The van der Waals surface area contributed by atoms with Gasteiger partial charge in [0.15, 0.2) is 0 Å². The zero-order valence-electron chi connectivity index (χ0n) is 8.38. The number of nitrogens with one attached hydrogen (secondary N) is 1. The van der Waals surface area contributed by atoms with Crippen LogP contribution in [0.1, 0.15) is 43.4 Å². The first-order chi connectivity index (χ1) is 6.27. The van der Waals surface area contributed by atoms with Crippen LogP contribution in [0.25, 0.3) is 0 Å². The van der Waals surface area contributed by atoms with Gasteiger partial charge in [-0.1, -0.05) is 38.1 Å². The zero-order valence-corrected chi connectivity index (χ0v) is 8.38.